The number of carbonyl (C=O) groups excluding carboxylic acids is 2. The summed E-state index contributed by atoms with van der Waals surface area (Å²) < 4.78 is 12.5. The van der Waals surface area contributed by atoms with Crippen molar-refractivity contribution in [3.63, 3.8) is 0 Å². The summed E-state index contributed by atoms with van der Waals surface area (Å²) in [5.41, 5.74) is -0.889. The van der Waals surface area contributed by atoms with Gasteiger partial charge in [-0.1, -0.05) is 37.6 Å². The normalized spacial score (nSPS) is 39.4. The molecular formula is C27H34O8. The molecular weight excluding hydrogens is 452 g/mol. The predicted molar refractivity (Wildman–Crippen MR) is 124 cm³/mol. The molecule has 4 aliphatic rings. The van der Waals surface area contributed by atoms with Crippen LogP contribution in [0.1, 0.15) is 70.2 Å². The fourth-order valence-corrected chi connectivity index (χ4v) is 6.94. The van der Waals surface area contributed by atoms with Crippen molar-refractivity contribution in [1.29, 1.82) is 0 Å². The maximum absolute atomic E-state index is 13.3. The number of hydrogen-bond donors (Lipinski definition) is 2. The van der Waals surface area contributed by atoms with Crippen molar-refractivity contribution in [3.8, 4) is 0 Å². The van der Waals surface area contributed by atoms with Gasteiger partial charge in [0.1, 0.15) is 35.6 Å². The van der Waals surface area contributed by atoms with Gasteiger partial charge < -0.3 is 19.7 Å². The summed E-state index contributed by atoms with van der Waals surface area (Å²) in [5.74, 6) is -1.54. The number of allylic oxidation sites excluding steroid dienone is 1. The Hall–Kier alpha value is -2.26. The van der Waals surface area contributed by atoms with Gasteiger partial charge in [-0.3, -0.25) is 4.89 Å². The van der Waals surface area contributed by atoms with Crippen molar-refractivity contribution >= 4 is 11.9 Å². The monoisotopic (exact) mass is 486 g/mol. The maximum atomic E-state index is 13.3. The van der Waals surface area contributed by atoms with E-state index in [1.54, 1.807) is 24.3 Å². The molecule has 1 saturated heterocycles. The second-order valence-electron chi connectivity index (χ2n) is 11.0. The number of benzene rings is 1. The highest BCUT2D eigenvalue weighted by Crippen LogP contribution is 2.64. The third-order valence-electron chi connectivity index (χ3n) is 8.83. The SMILES string of the molecule is CC(=O)OOC1CC[C@@]23O[C@@H]2[C@H](O)C2=C(C)CC[C@@](O)([C@@H](OC(=O)c4ccccc4)C3C1)C2(C)C. The van der Waals surface area contributed by atoms with Crippen molar-refractivity contribution in [2.24, 2.45) is 11.3 Å². The Morgan fingerprint density at radius 2 is 1.86 bits per heavy atom. The van der Waals surface area contributed by atoms with Crippen LogP contribution in [-0.2, 0) is 24.0 Å². The van der Waals surface area contributed by atoms with Crippen LogP contribution in [0.5, 0.6) is 0 Å². The smallest absolute Gasteiger partial charge is 0.339 e. The average Bonchev–Trinajstić information content (AvgIpc) is 3.54. The lowest BCUT2D eigenvalue weighted by Gasteiger charge is -2.56. The summed E-state index contributed by atoms with van der Waals surface area (Å²) in [6.45, 7) is 7.07. The summed E-state index contributed by atoms with van der Waals surface area (Å²) in [6, 6.07) is 8.71. The molecule has 1 aromatic rings. The molecule has 0 amide bonds. The van der Waals surface area contributed by atoms with Gasteiger partial charge in [0.2, 0.25) is 0 Å². The van der Waals surface area contributed by atoms with Gasteiger partial charge in [0.15, 0.2) is 0 Å². The molecule has 0 radical (unpaired) electrons. The molecule has 3 aliphatic carbocycles. The molecule has 1 aromatic carbocycles. The van der Waals surface area contributed by atoms with E-state index in [9.17, 15) is 19.8 Å². The number of rotatable bonds is 4. The van der Waals surface area contributed by atoms with E-state index in [1.807, 2.05) is 26.8 Å². The molecule has 3 fully saturated rings. The molecule has 2 bridgehead atoms. The lowest BCUT2D eigenvalue weighted by Crippen LogP contribution is -2.66. The van der Waals surface area contributed by atoms with Crippen LogP contribution in [0, 0.1) is 11.3 Å². The molecule has 0 aromatic heterocycles. The number of esters is 1. The van der Waals surface area contributed by atoms with Gasteiger partial charge in [-0.15, -0.1) is 0 Å². The lowest BCUT2D eigenvalue weighted by molar-refractivity contribution is -0.307. The van der Waals surface area contributed by atoms with E-state index in [-0.39, 0.29) is 0 Å². The van der Waals surface area contributed by atoms with E-state index in [2.05, 4.69) is 0 Å². The average molecular weight is 487 g/mol. The molecule has 2 unspecified atom stereocenters. The zero-order chi connectivity index (χ0) is 25.2. The van der Waals surface area contributed by atoms with E-state index >= 15 is 0 Å². The Balaban J connectivity index is 1.58. The first-order valence-corrected chi connectivity index (χ1v) is 12.4. The van der Waals surface area contributed by atoms with Gasteiger partial charge in [0, 0.05) is 18.3 Å². The van der Waals surface area contributed by atoms with Gasteiger partial charge in [-0.25, -0.2) is 9.59 Å². The van der Waals surface area contributed by atoms with Crippen LogP contribution in [0.25, 0.3) is 0 Å². The molecule has 7 atom stereocenters. The second kappa shape index (κ2) is 8.40. The molecule has 1 spiro atoms. The number of epoxide rings is 1. The number of carbonyl (C=O) groups is 2. The molecule has 2 N–H and O–H groups in total. The fourth-order valence-electron chi connectivity index (χ4n) is 6.94. The van der Waals surface area contributed by atoms with Crippen LogP contribution in [0.3, 0.4) is 0 Å². The quantitative estimate of drug-likeness (QED) is 0.219. The largest absolute Gasteiger partial charge is 0.455 e. The van der Waals surface area contributed by atoms with Gasteiger partial charge in [-0.2, -0.15) is 4.89 Å². The molecule has 35 heavy (non-hydrogen) atoms. The molecule has 190 valence electrons. The van der Waals surface area contributed by atoms with Crippen LogP contribution < -0.4 is 0 Å². The minimum atomic E-state index is -1.45. The first-order chi connectivity index (χ1) is 16.5. The molecule has 1 aliphatic heterocycles. The highest BCUT2D eigenvalue weighted by molar-refractivity contribution is 5.89. The highest BCUT2D eigenvalue weighted by Gasteiger charge is 2.74. The first-order valence-electron chi connectivity index (χ1n) is 12.4. The zero-order valence-corrected chi connectivity index (χ0v) is 20.7. The number of aliphatic hydroxyl groups excluding tert-OH is 1. The number of fused-ring (bicyclic) bond motifs is 2. The van der Waals surface area contributed by atoms with Crippen LogP contribution >= 0.6 is 0 Å². The Bertz CT molecular complexity index is 1050. The zero-order valence-electron chi connectivity index (χ0n) is 20.7. The van der Waals surface area contributed by atoms with E-state index in [4.69, 9.17) is 19.2 Å². The van der Waals surface area contributed by atoms with E-state index in [0.29, 0.717) is 37.7 Å². The van der Waals surface area contributed by atoms with Crippen LogP contribution in [0.15, 0.2) is 41.5 Å². The van der Waals surface area contributed by atoms with Gasteiger partial charge in [-0.05, 0) is 56.7 Å². The van der Waals surface area contributed by atoms with Gasteiger partial charge in [0.25, 0.3) is 0 Å². The standard InChI is InChI=1S/C27H34O8/c1-15-10-13-27(31)22(32-24(30)17-8-6-5-7-9-17)19-14-18(35-34-16(2)28)11-12-26(19)23(33-26)21(29)20(15)25(27,3)4/h5-9,18-19,21-23,29,31H,10-14H2,1-4H3/t18?,19?,21-,22+,23-,26+,27-/m1/s1. The number of ether oxygens (including phenoxy) is 2. The van der Waals surface area contributed by atoms with Crippen molar-refractivity contribution in [1.82, 2.24) is 0 Å². The van der Waals surface area contributed by atoms with Crippen molar-refractivity contribution < 1.29 is 39.1 Å². The van der Waals surface area contributed by atoms with Crippen molar-refractivity contribution in [2.45, 2.75) is 95.4 Å². The molecule has 5 rings (SSSR count). The van der Waals surface area contributed by atoms with Gasteiger partial charge >= 0.3 is 11.9 Å². The lowest BCUT2D eigenvalue weighted by atomic mass is 9.53. The molecule has 8 nitrogen and oxygen atoms in total. The van der Waals surface area contributed by atoms with Crippen molar-refractivity contribution in [3.05, 3.63) is 47.0 Å². The molecule has 8 heteroatoms. The third-order valence-corrected chi connectivity index (χ3v) is 8.83. The summed E-state index contributed by atoms with van der Waals surface area (Å²) in [5, 5.41) is 23.9. The van der Waals surface area contributed by atoms with E-state index < -0.39 is 58.9 Å². The predicted octanol–water partition coefficient (Wildman–Crippen LogP) is 3.26. The number of aliphatic hydroxyl groups is 2. The minimum Gasteiger partial charge on any atom is -0.455 e. The van der Waals surface area contributed by atoms with Crippen LogP contribution in [0.4, 0.5) is 0 Å². The Kier molecular flexibility index (Phi) is 5.87. The summed E-state index contributed by atoms with van der Waals surface area (Å²) in [6.07, 6.45) is -0.328. The van der Waals surface area contributed by atoms with E-state index in [0.717, 1.165) is 11.1 Å². The van der Waals surface area contributed by atoms with Crippen molar-refractivity contribution in [2.75, 3.05) is 0 Å². The topological polar surface area (TPSA) is 115 Å². The highest BCUT2D eigenvalue weighted by atomic mass is 17.2. The minimum absolute atomic E-state index is 0.347. The Morgan fingerprint density at radius 1 is 1.14 bits per heavy atom. The van der Waals surface area contributed by atoms with Gasteiger partial charge in [0.05, 0.1) is 5.56 Å². The van der Waals surface area contributed by atoms with Crippen LogP contribution in [0.2, 0.25) is 0 Å². The number of hydrogen-bond acceptors (Lipinski definition) is 8. The summed E-state index contributed by atoms with van der Waals surface area (Å²) in [7, 11) is 0. The fraction of sp³-hybridized carbons (Fsp3) is 0.630. The van der Waals surface area contributed by atoms with E-state index in [1.165, 1.54) is 6.92 Å². The van der Waals surface area contributed by atoms with Crippen LogP contribution in [-0.4, -0.2) is 57.8 Å². The summed E-state index contributed by atoms with van der Waals surface area (Å²) in [4.78, 5) is 34.9. The maximum Gasteiger partial charge on any atom is 0.339 e. The Morgan fingerprint density at radius 3 is 2.54 bits per heavy atom. The second-order valence-corrected chi connectivity index (χ2v) is 11.0. The first kappa shape index (κ1) is 24.4. The third kappa shape index (κ3) is 3.73. The Labute approximate surface area is 205 Å². The molecule has 1 heterocycles. The molecule has 2 saturated carbocycles. The summed E-state index contributed by atoms with van der Waals surface area (Å²) >= 11 is 0.